The van der Waals surface area contributed by atoms with Gasteiger partial charge in [-0.15, -0.1) is 0 Å². The number of nitrogens with one attached hydrogen (secondary N) is 1. The van der Waals surface area contributed by atoms with Crippen molar-refractivity contribution < 1.29 is 14.3 Å². The Kier molecular flexibility index (Phi) is 6.14. The zero-order valence-electron chi connectivity index (χ0n) is 14.8. The molecule has 1 N–H and O–H groups in total. The van der Waals surface area contributed by atoms with E-state index in [-0.39, 0.29) is 5.91 Å². The van der Waals surface area contributed by atoms with Gasteiger partial charge in [-0.25, -0.2) is 4.99 Å². The third kappa shape index (κ3) is 4.48. The Morgan fingerprint density at radius 2 is 1.89 bits per heavy atom. The van der Waals surface area contributed by atoms with Gasteiger partial charge in [0.15, 0.2) is 16.7 Å². The predicted octanol–water partition coefficient (Wildman–Crippen LogP) is 5.32. The van der Waals surface area contributed by atoms with Crippen molar-refractivity contribution in [1.29, 1.82) is 0 Å². The quantitative estimate of drug-likeness (QED) is 0.618. The van der Waals surface area contributed by atoms with Crippen LogP contribution in [0.3, 0.4) is 0 Å². The smallest absolute Gasteiger partial charge is 0.264 e. The maximum absolute atomic E-state index is 12.3. The van der Waals surface area contributed by atoms with Crippen molar-refractivity contribution in [3.8, 4) is 11.5 Å². The highest BCUT2D eigenvalue weighted by atomic mass is 79.9. The first-order valence-corrected chi connectivity index (χ1v) is 9.87. The van der Waals surface area contributed by atoms with E-state index >= 15 is 0 Å². The predicted molar refractivity (Wildman–Crippen MR) is 114 cm³/mol. The standard InChI is InChI=1S/C19H16BrClN2O3S/c1-10-4-5-12(21)8-14(10)22-19-23-18(24)17(27-19)7-11-6-15(25-2)16(26-3)9-13(11)20/h4-9H,1-3H3,(H,22,23,24)/b17-7-. The van der Waals surface area contributed by atoms with Gasteiger partial charge in [-0.3, -0.25) is 4.79 Å². The Bertz CT molecular complexity index is 976. The lowest BCUT2D eigenvalue weighted by atomic mass is 10.2. The monoisotopic (exact) mass is 466 g/mol. The number of rotatable bonds is 4. The van der Waals surface area contributed by atoms with E-state index in [4.69, 9.17) is 21.1 Å². The molecular weight excluding hydrogens is 452 g/mol. The highest BCUT2D eigenvalue weighted by molar-refractivity contribution is 9.10. The molecule has 140 valence electrons. The molecule has 0 aromatic heterocycles. The molecule has 1 aliphatic rings. The fourth-order valence-electron chi connectivity index (χ4n) is 2.41. The van der Waals surface area contributed by atoms with Crippen LogP contribution in [0.2, 0.25) is 5.02 Å². The molecule has 1 saturated heterocycles. The average molecular weight is 468 g/mol. The first kappa shape index (κ1) is 19.8. The number of hydrogen-bond donors (Lipinski definition) is 1. The van der Waals surface area contributed by atoms with Gasteiger partial charge in [-0.2, -0.15) is 0 Å². The number of nitrogens with zero attached hydrogens (tertiary/aromatic N) is 1. The maximum Gasteiger partial charge on any atom is 0.264 e. The van der Waals surface area contributed by atoms with Gasteiger partial charge in [-0.05, 0) is 60.2 Å². The Morgan fingerprint density at radius 3 is 2.59 bits per heavy atom. The van der Waals surface area contributed by atoms with E-state index in [0.717, 1.165) is 21.3 Å². The Balaban J connectivity index is 1.92. The molecule has 8 heteroatoms. The molecule has 0 atom stereocenters. The SMILES string of the molecule is COc1cc(Br)c(/C=C2\SC(=Nc3cc(Cl)ccc3C)NC2=O)cc1OC. The number of aryl methyl sites for hydroxylation is 1. The van der Waals surface area contributed by atoms with Crippen LogP contribution >= 0.6 is 39.3 Å². The molecule has 1 amide bonds. The van der Waals surface area contributed by atoms with Crippen LogP contribution in [0.5, 0.6) is 11.5 Å². The molecule has 5 nitrogen and oxygen atoms in total. The zero-order chi connectivity index (χ0) is 19.6. The van der Waals surface area contributed by atoms with Crippen molar-refractivity contribution >= 4 is 62.1 Å². The summed E-state index contributed by atoms with van der Waals surface area (Å²) in [5.74, 6) is 0.980. The second-order valence-electron chi connectivity index (χ2n) is 5.64. The minimum Gasteiger partial charge on any atom is -0.493 e. The summed E-state index contributed by atoms with van der Waals surface area (Å²) in [5.41, 5.74) is 2.49. The highest BCUT2D eigenvalue weighted by Gasteiger charge is 2.24. The van der Waals surface area contributed by atoms with Gasteiger partial charge in [0.1, 0.15) is 0 Å². The second kappa shape index (κ2) is 8.37. The first-order valence-electron chi connectivity index (χ1n) is 7.88. The van der Waals surface area contributed by atoms with E-state index in [9.17, 15) is 4.79 Å². The summed E-state index contributed by atoms with van der Waals surface area (Å²) >= 11 is 10.8. The molecule has 0 aliphatic carbocycles. The minimum atomic E-state index is -0.208. The molecule has 1 aliphatic heterocycles. The van der Waals surface area contributed by atoms with Gasteiger partial charge in [0.25, 0.3) is 5.91 Å². The van der Waals surface area contributed by atoms with E-state index in [2.05, 4.69) is 26.2 Å². The lowest BCUT2D eigenvalue weighted by Gasteiger charge is -2.10. The van der Waals surface area contributed by atoms with E-state index in [1.165, 1.54) is 11.8 Å². The molecule has 0 radical (unpaired) electrons. The molecule has 27 heavy (non-hydrogen) atoms. The third-order valence-electron chi connectivity index (χ3n) is 3.83. The zero-order valence-corrected chi connectivity index (χ0v) is 18.0. The van der Waals surface area contributed by atoms with Crippen molar-refractivity contribution in [2.24, 2.45) is 4.99 Å². The topological polar surface area (TPSA) is 59.9 Å². The molecule has 1 fully saturated rings. The number of benzene rings is 2. The van der Waals surface area contributed by atoms with Crippen LogP contribution in [0.15, 0.2) is 44.7 Å². The van der Waals surface area contributed by atoms with Crippen LogP contribution < -0.4 is 14.8 Å². The lowest BCUT2D eigenvalue weighted by molar-refractivity contribution is -0.115. The number of carbonyl (C=O) groups excluding carboxylic acids is 1. The summed E-state index contributed by atoms with van der Waals surface area (Å²) in [6.07, 6.45) is 1.78. The lowest BCUT2D eigenvalue weighted by Crippen LogP contribution is -2.19. The van der Waals surface area contributed by atoms with Gasteiger partial charge in [0.05, 0.1) is 24.8 Å². The van der Waals surface area contributed by atoms with Crippen molar-refractivity contribution in [2.75, 3.05) is 14.2 Å². The van der Waals surface area contributed by atoms with Crippen molar-refractivity contribution in [3.63, 3.8) is 0 Å². The van der Waals surface area contributed by atoms with Crippen molar-refractivity contribution in [3.05, 3.63) is 55.9 Å². The Morgan fingerprint density at radius 1 is 1.19 bits per heavy atom. The van der Waals surface area contributed by atoms with E-state index in [0.29, 0.717) is 26.6 Å². The van der Waals surface area contributed by atoms with Crippen molar-refractivity contribution in [1.82, 2.24) is 5.32 Å². The summed E-state index contributed by atoms with van der Waals surface area (Å²) < 4.78 is 11.4. The Labute approximate surface area is 174 Å². The molecule has 0 bridgehead atoms. The van der Waals surface area contributed by atoms with Crippen LogP contribution in [0, 0.1) is 6.92 Å². The van der Waals surface area contributed by atoms with Crippen LogP contribution in [0.1, 0.15) is 11.1 Å². The average Bonchev–Trinajstić information content (AvgIpc) is 2.98. The van der Waals surface area contributed by atoms with Crippen LogP contribution in [-0.2, 0) is 4.79 Å². The number of halogens is 2. The number of aliphatic imine (C=N–C) groups is 1. The number of thioether (sulfide) groups is 1. The maximum atomic E-state index is 12.3. The summed E-state index contributed by atoms with van der Waals surface area (Å²) in [6, 6.07) is 9.07. The fraction of sp³-hybridized carbons (Fsp3) is 0.158. The highest BCUT2D eigenvalue weighted by Crippen LogP contribution is 2.36. The van der Waals surface area contributed by atoms with E-state index < -0.39 is 0 Å². The summed E-state index contributed by atoms with van der Waals surface area (Å²) in [6.45, 7) is 1.94. The third-order valence-corrected chi connectivity index (χ3v) is 5.67. The first-order chi connectivity index (χ1) is 12.9. The van der Waals surface area contributed by atoms with E-state index in [1.54, 1.807) is 44.6 Å². The molecular formula is C19H16BrClN2O3S. The molecule has 0 unspecified atom stereocenters. The normalized spacial score (nSPS) is 16.7. The second-order valence-corrected chi connectivity index (χ2v) is 7.96. The number of methoxy groups -OCH3 is 2. The molecule has 2 aromatic rings. The van der Waals surface area contributed by atoms with Crippen molar-refractivity contribution in [2.45, 2.75) is 6.92 Å². The molecule has 1 heterocycles. The van der Waals surface area contributed by atoms with Gasteiger partial charge in [0.2, 0.25) is 0 Å². The number of amidine groups is 1. The van der Waals surface area contributed by atoms with Gasteiger partial charge < -0.3 is 14.8 Å². The number of carbonyl (C=O) groups is 1. The summed E-state index contributed by atoms with van der Waals surface area (Å²) in [5, 5.41) is 3.89. The van der Waals surface area contributed by atoms with Gasteiger partial charge >= 0.3 is 0 Å². The molecule has 0 spiro atoms. The van der Waals surface area contributed by atoms with Gasteiger partial charge in [-0.1, -0.05) is 33.6 Å². The number of ether oxygens (including phenoxy) is 2. The molecule has 0 saturated carbocycles. The number of amides is 1. The summed E-state index contributed by atoms with van der Waals surface area (Å²) in [7, 11) is 3.14. The van der Waals surface area contributed by atoms with Crippen LogP contribution in [-0.4, -0.2) is 25.3 Å². The molecule has 2 aromatic carbocycles. The summed E-state index contributed by atoms with van der Waals surface area (Å²) in [4.78, 5) is 17.4. The minimum absolute atomic E-state index is 0.208. The van der Waals surface area contributed by atoms with E-state index in [1.807, 2.05) is 13.0 Å². The largest absolute Gasteiger partial charge is 0.493 e. The van der Waals surface area contributed by atoms with Crippen LogP contribution in [0.25, 0.3) is 6.08 Å². The fourth-order valence-corrected chi connectivity index (χ4v) is 3.84. The molecule has 3 rings (SSSR count). The Hall–Kier alpha value is -1.96. The number of hydrogen-bond acceptors (Lipinski definition) is 5. The van der Waals surface area contributed by atoms with Crippen LogP contribution in [0.4, 0.5) is 5.69 Å². The van der Waals surface area contributed by atoms with Gasteiger partial charge in [0, 0.05) is 9.50 Å².